The second-order valence-corrected chi connectivity index (χ2v) is 5.26. The highest BCUT2D eigenvalue weighted by atomic mass is 15.1. The van der Waals surface area contributed by atoms with Crippen molar-refractivity contribution in [2.24, 2.45) is 11.8 Å². The van der Waals surface area contributed by atoms with Crippen LogP contribution in [0.4, 0.5) is 5.69 Å². The number of anilines is 1. The van der Waals surface area contributed by atoms with Gasteiger partial charge >= 0.3 is 0 Å². The summed E-state index contributed by atoms with van der Waals surface area (Å²) in [5.41, 5.74) is 7.99. The SMILES string of the molecule is CC1CC1CN(C)C(C)c1cccc(N)c1. The van der Waals surface area contributed by atoms with E-state index in [2.05, 4.69) is 37.9 Å². The first-order chi connectivity index (χ1) is 7.58. The first-order valence-corrected chi connectivity index (χ1v) is 6.13. The van der Waals surface area contributed by atoms with Crippen molar-refractivity contribution in [3.63, 3.8) is 0 Å². The van der Waals surface area contributed by atoms with E-state index in [9.17, 15) is 0 Å². The Balaban J connectivity index is 1.97. The number of nitrogens with two attached hydrogens (primary N) is 1. The van der Waals surface area contributed by atoms with Crippen LogP contribution in [-0.4, -0.2) is 18.5 Å². The van der Waals surface area contributed by atoms with Crippen molar-refractivity contribution >= 4 is 5.69 Å². The summed E-state index contributed by atoms with van der Waals surface area (Å²) in [5, 5.41) is 0. The molecule has 1 aliphatic carbocycles. The highest BCUT2D eigenvalue weighted by molar-refractivity contribution is 5.41. The fourth-order valence-corrected chi connectivity index (χ4v) is 2.25. The van der Waals surface area contributed by atoms with Crippen molar-refractivity contribution in [2.45, 2.75) is 26.3 Å². The van der Waals surface area contributed by atoms with E-state index >= 15 is 0 Å². The summed E-state index contributed by atoms with van der Waals surface area (Å²) in [6, 6.07) is 8.68. The number of nitrogen functional groups attached to an aromatic ring is 1. The van der Waals surface area contributed by atoms with Crippen LogP contribution < -0.4 is 5.73 Å². The van der Waals surface area contributed by atoms with Crippen LogP contribution in [0.5, 0.6) is 0 Å². The molecule has 0 aromatic heterocycles. The van der Waals surface area contributed by atoms with E-state index in [1.165, 1.54) is 18.5 Å². The summed E-state index contributed by atoms with van der Waals surface area (Å²) >= 11 is 0. The summed E-state index contributed by atoms with van der Waals surface area (Å²) < 4.78 is 0. The summed E-state index contributed by atoms with van der Waals surface area (Å²) in [4.78, 5) is 2.43. The van der Waals surface area contributed by atoms with Crippen molar-refractivity contribution in [2.75, 3.05) is 19.3 Å². The molecule has 2 heteroatoms. The average molecular weight is 218 g/mol. The van der Waals surface area contributed by atoms with E-state index in [0.717, 1.165) is 17.5 Å². The van der Waals surface area contributed by atoms with Gasteiger partial charge in [-0.3, -0.25) is 4.90 Å². The molecule has 0 bridgehead atoms. The molecule has 3 atom stereocenters. The fraction of sp³-hybridized carbons (Fsp3) is 0.571. The summed E-state index contributed by atoms with van der Waals surface area (Å²) in [6.07, 6.45) is 1.40. The Morgan fingerprint density at radius 3 is 2.75 bits per heavy atom. The van der Waals surface area contributed by atoms with Gasteiger partial charge in [0.2, 0.25) is 0 Å². The van der Waals surface area contributed by atoms with Crippen LogP contribution in [0, 0.1) is 11.8 Å². The van der Waals surface area contributed by atoms with Gasteiger partial charge in [0, 0.05) is 18.3 Å². The van der Waals surface area contributed by atoms with Gasteiger partial charge in [-0.15, -0.1) is 0 Å². The highest BCUT2D eigenvalue weighted by Crippen LogP contribution is 2.39. The van der Waals surface area contributed by atoms with Crippen LogP contribution in [0.3, 0.4) is 0 Å². The van der Waals surface area contributed by atoms with Crippen LogP contribution in [0.1, 0.15) is 31.9 Å². The third-order valence-corrected chi connectivity index (χ3v) is 3.85. The first kappa shape index (κ1) is 11.5. The largest absolute Gasteiger partial charge is 0.399 e. The molecule has 1 aromatic carbocycles. The number of hydrogen-bond acceptors (Lipinski definition) is 2. The number of hydrogen-bond donors (Lipinski definition) is 1. The van der Waals surface area contributed by atoms with E-state index in [1.54, 1.807) is 0 Å². The van der Waals surface area contributed by atoms with Gasteiger partial charge in [0.15, 0.2) is 0 Å². The van der Waals surface area contributed by atoms with Gasteiger partial charge in [0.1, 0.15) is 0 Å². The van der Waals surface area contributed by atoms with E-state index < -0.39 is 0 Å². The molecular weight excluding hydrogens is 196 g/mol. The molecule has 1 fully saturated rings. The topological polar surface area (TPSA) is 29.3 Å². The maximum absolute atomic E-state index is 5.81. The van der Waals surface area contributed by atoms with Gasteiger partial charge in [-0.1, -0.05) is 19.1 Å². The molecule has 3 unspecified atom stereocenters. The molecule has 2 rings (SSSR count). The lowest BCUT2D eigenvalue weighted by Crippen LogP contribution is -2.25. The molecule has 2 N–H and O–H groups in total. The lowest BCUT2D eigenvalue weighted by atomic mass is 10.1. The molecule has 0 radical (unpaired) electrons. The minimum atomic E-state index is 0.455. The minimum Gasteiger partial charge on any atom is -0.399 e. The van der Waals surface area contributed by atoms with E-state index in [-0.39, 0.29) is 0 Å². The maximum atomic E-state index is 5.81. The van der Waals surface area contributed by atoms with E-state index in [0.29, 0.717) is 6.04 Å². The predicted molar refractivity (Wildman–Crippen MR) is 69.2 cm³/mol. The molecule has 0 aliphatic heterocycles. The monoisotopic (exact) mass is 218 g/mol. The Kier molecular flexibility index (Phi) is 3.20. The Morgan fingerprint density at radius 2 is 2.19 bits per heavy atom. The van der Waals surface area contributed by atoms with Gasteiger partial charge < -0.3 is 5.73 Å². The van der Waals surface area contributed by atoms with E-state index in [1.807, 2.05) is 12.1 Å². The van der Waals surface area contributed by atoms with Crippen molar-refractivity contribution in [3.8, 4) is 0 Å². The summed E-state index contributed by atoms with van der Waals surface area (Å²) in [5.74, 6) is 1.84. The average Bonchev–Trinajstić information content (AvgIpc) is 2.93. The van der Waals surface area contributed by atoms with Crippen LogP contribution in [0.15, 0.2) is 24.3 Å². The molecular formula is C14H22N2. The molecule has 1 saturated carbocycles. The summed E-state index contributed by atoms with van der Waals surface area (Å²) in [7, 11) is 2.21. The molecule has 1 aromatic rings. The summed E-state index contributed by atoms with van der Waals surface area (Å²) in [6.45, 7) is 5.79. The minimum absolute atomic E-state index is 0.455. The van der Waals surface area contributed by atoms with Gasteiger partial charge in [-0.2, -0.15) is 0 Å². The molecule has 0 amide bonds. The van der Waals surface area contributed by atoms with Crippen molar-refractivity contribution in [1.29, 1.82) is 0 Å². The molecule has 88 valence electrons. The van der Waals surface area contributed by atoms with Crippen LogP contribution in [0.25, 0.3) is 0 Å². The molecule has 0 saturated heterocycles. The molecule has 16 heavy (non-hydrogen) atoms. The number of rotatable bonds is 4. The Labute approximate surface area is 98.4 Å². The second-order valence-electron chi connectivity index (χ2n) is 5.26. The second kappa shape index (κ2) is 4.46. The third kappa shape index (κ3) is 2.56. The molecule has 1 aliphatic rings. The van der Waals surface area contributed by atoms with Crippen molar-refractivity contribution in [1.82, 2.24) is 4.90 Å². The number of nitrogens with zero attached hydrogens (tertiary/aromatic N) is 1. The Hall–Kier alpha value is -1.02. The fourth-order valence-electron chi connectivity index (χ4n) is 2.25. The van der Waals surface area contributed by atoms with Crippen LogP contribution in [-0.2, 0) is 0 Å². The van der Waals surface area contributed by atoms with Crippen molar-refractivity contribution in [3.05, 3.63) is 29.8 Å². The molecule has 2 nitrogen and oxygen atoms in total. The molecule has 0 spiro atoms. The maximum Gasteiger partial charge on any atom is 0.0317 e. The zero-order chi connectivity index (χ0) is 11.7. The zero-order valence-corrected chi connectivity index (χ0v) is 10.5. The van der Waals surface area contributed by atoms with Crippen LogP contribution >= 0.6 is 0 Å². The predicted octanol–water partition coefficient (Wildman–Crippen LogP) is 2.92. The van der Waals surface area contributed by atoms with Gasteiger partial charge in [-0.05, 0) is 49.9 Å². The highest BCUT2D eigenvalue weighted by Gasteiger charge is 2.33. The normalized spacial score (nSPS) is 25.8. The van der Waals surface area contributed by atoms with Gasteiger partial charge in [0.05, 0.1) is 0 Å². The lowest BCUT2D eigenvalue weighted by molar-refractivity contribution is 0.247. The number of benzene rings is 1. The Morgan fingerprint density at radius 1 is 1.50 bits per heavy atom. The van der Waals surface area contributed by atoms with E-state index in [4.69, 9.17) is 5.73 Å². The lowest BCUT2D eigenvalue weighted by Gasteiger charge is -2.25. The van der Waals surface area contributed by atoms with Crippen molar-refractivity contribution < 1.29 is 0 Å². The quantitative estimate of drug-likeness (QED) is 0.787. The van der Waals surface area contributed by atoms with Gasteiger partial charge in [0.25, 0.3) is 0 Å². The standard InChI is InChI=1S/C14H22N2/c1-10-7-13(10)9-16(3)11(2)12-5-4-6-14(15)8-12/h4-6,8,10-11,13H,7,9,15H2,1-3H3. The van der Waals surface area contributed by atoms with Crippen LogP contribution in [0.2, 0.25) is 0 Å². The molecule has 0 heterocycles. The van der Waals surface area contributed by atoms with Gasteiger partial charge in [-0.25, -0.2) is 0 Å². The Bertz CT molecular complexity index is 362. The first-order valence-electron chi connectivity index (χ1n) is 6.13. The zero-order valence-electron chi connectivity index (χ0n) is 10.5. The smallest absolute Gasteiger partial charge is 0.0317 e. The third-order valence-electron chi connectivity index (χ3n) is 3.85.